The van der Waals surface area contributed by atoms with Crippen molar-refractivity contribution in [2.45, 2.75) is 18.3 Å². The zero-order chi connectivity index (χ0) is 24.7. The molecule has 184 valence electrons. The van der Waals surface area contributed by atoms with Gasteiger partial charge in [-0.25, -0.2) is 0 Å². The lowest BCUT2D eigenvalue weighted by Crippen LogP contribution is -2.49. The number of fused-ring (bicyclic) bond motifs is 1. The van der Waals surface area contributed by atoms with Crippen LogP contribution >= 0.6 is 11.8 Å². The Bertz CT molecular complexity index is 1330. The smallest absolute Gasteiger partial charge is 0.233 e. The van der Waals surface area contributed by atoms with Crippen LogP contribution in [0.4, 0.5) is 5.69 Å². The number of para-hydroxylation sites is 1. The molecule has 7 nitrogen and oxygen atoms in total. The summed E-state index contributed by atoms with van der Waals surface area (Å²) >= 11 is 1.41. The second kappa shape index (κ2) is 11.3. The first-order valence-corrected chi connectivity index (χ1v) is 13.1. The van der Waals surface area contributed by atoms with Crippen LogP contribution in [0.25, 0.3) is 10.8 Å². The second-order valence-electron chi connectivity index (χ2n) is 8.56. The van der Waals surface area contributed by atoms with Gasteiger partial charge in [0.15, 0.2) is 11.0 Å². The lowest BCUT2D eigenvalue weighted by molar-refractivity contribution is -0.128. The predicted molar refractivity (Wildman–Crippen MR) is 144 cm³/mol. The highest BCUT2D eigenvalue weighted by molar-refractivity contribution is 7.99. The largest absolute Gasteiger partial charge is 0.485 e. The number of thioether (sulfide) groups is 1. The zero-order valence-electron chi connectivity index (χ0n) is 20.1. The van der Waals surface area contributed by atoms with E-state index in [1.54, 1.807) is 6.08 Å². The van der Waals surface area contributed by atoms with Crippen molar-refractivity contribution < 1.29 is 9.53 Å². The van der Waals surface area contributed by atoms with Gasteiger partial charge in [0.05, 0.1) is 5.75 Å². The van der Waals surface area contributed by atoms with Crippen LogP contribution in [0, 0.1) is 0 Å². The molecular formula is C28H29N5O2S. The topological polar surface area (TPSA) is 63.5 Å². The van der Waals surface area contributed by atoms with Crippen LogP contribution in [0.15, 0.2) is 90.6 Å². The van der Waals surface area contributed by atoms with Crippen molar-refractivity contribution in [3.8, 4) is 5.75 Å². The summed E-state index contributed by atoms with van der Waals surface area (Å²) in [6, 6.07) is 24.5. The molecule has 0 aliphatic carbocycles. The van der Waals surface area contributed by atoms with Crippen molar-refractivity contribution in [3.05, 3.63) is 91.3 Å². The Kier molecular flexibility index (Phi) is 7.52. The average Bonchev–Trinajstić information content (AvgIpc) is 3.32. The zero-order valence-corrected chi connectivity index (χ0v) is 20.9. The van der Waals surface area contributed by atoms with E-state index >= 15 is 0 Å². The normalized spacial score (nSPS) is 13.7. The number of carbonyl (C=O) groups excluding carboxylic acids is 1. The van der Waals surface area contributed by atoms with E-state index in [1.807, 2.05) is 58.0 Å². The van der Waals surface area contributed by atoms with Crippen molar-refractivity contribution >= 4 is 34.1 Å². The van der Waals surface area contributed by atoms with Crippen molar-refractivity contribution in [2.24, 2.45) is 0 Å². The summed E-state index contributed by atoms with van der Waals surface area (Å²) in [5.74, 6) is 1.95. The van der Waals surface area contributed by atoms with Gasteiger partial charge in [-0.3, -0.25) is 9.36 Å². The molecular weight excluding hydrogens is 470 g/mol. The van der Waals surface area contributed by atoms with Crippen molar-refractivity contribution in [1.29, 1.82) is 0 Å². The Morgan fingerprint density at radius 2 is 1.69 bits per heavy atom. The summed E-state index contributed by atoms with van der Waals surface area (Å²) in [4.78, 5) is 17.2. The van der Waals surface area contributed by atoms with E-state index in [0.29, 0.717) is 23.3 Å². The fraction of sp³-hybridized carbons (Fsp3) is 0.250. The standard InChI is InChI=1S/C28H29N5O2S/c1-2-15-33-26(20-35-25-14-8-10-22-9-6-7-13-24(22)25)29-30-28(33)36-21-27(34)32-18-16-31(17-19-32)23-11-4-3-5-12-23/h2-14H,1,15-21H2. The SMILES string of the molecule is C=CCn1c(COc2cccc3ccccc23)nnc1SCC(=O)N1CCN(c2ccccc2)CC1. The summed E-state index contributed by atoms with van der Waals surface area (Å²) in [6.45, 7) is 7.82. The summed E-state index contributed by atoms with van der Waals surface area (Å²) in [6.07, 6.45) is 1.81. The molecule has 0 radical (unpaired) electrons. The number of nitrogens with zero attached hydrogens (tertiary/aromatic N) is 5. The number of rotatable bonds is 9. The highest BCUT2D eigenvalue weighted by Gasteiger charge is 2.22. The van der Waals surface area contributed by atoms with Crippen molar-refractivity contribution in [1.82, 2.24) is 19.7 Å². The number of anilines is 1. The fourth-order valence-electron chi connectivity index (χ4n) is 4.38. The Morgan fingerprint density at radius 3 is 2.50 bits per heavy atom. The monoisotopic (exact) mass is 499 g/mol. The van der Waals surface area contributed by atoms with Gasteiger partial charge in [-0.1, -0.05) is 72.4 Å². The highest BCUT2D eigenvalue weighted by Crippen LogP contribution is 2.26. The van der Waals surface area contributed by atoms with Crippen LogP contribution in [0.1, 0.15) is 5.82 Å². The maximum atomic E-state index is 12.9. The molecule has 36 heavy (non-hydrogen) atoms. The molecule has 0 atom stereocenters. The van der Waals surface area contributed by atoms with Crippen molar-refractivity contribution in [2.75, 3.05) is 36.8 Å². The number of aromatic nitrogens is 3. The summed E-state index contributed by atoms with van der Waals surface area (Å²) in [5, 5.41) is 11.6. The Morgan fingerprint density at radius 1 is 0.944 bits per heavy atom. The molecule has 1 aliphatic rings. The van der Waals surface area contributed by atoms with E-state index in [-0.39, 0.29) is 12.5 Å². The quantitative estimate of drug-likeness (QED) is 0.247. The Labute approximate surface area is 215 Å². The number of amides is 1. The molecule has 8 heteroatoms. The molecule has 1 saturated heterocycles. The van der Waals surface area contributed by atoms with Crippen LogP contribution < -0.4 is 9.64 Å². The number of allylic oxidation sites excluding steroid dienone is 1. The molecule has 1 aromatic heterocycles. The molecule has 5 rings (SSSR count). The fourth-order valence-corrected chi connectivity index (χ4v) is 5.25. The maximum Gasteiger partial charge on any atom is 0.233 e. The summed E-state index contributed by atoms with van der Waals surface area (Å²) in [7, 11) is 0. The Balaban J connectivity index is 1.19. The molecule has 0 spiro atoms. The van der Waals surface area contributed by atoms with E-state index in [0.717, 1.165) is 42.7 Å². The van der Waals surface area contributed by atoms with Gasteiger partial charge in [-0.05, 0) is 23.6 Å². The van der Waals surface area contributed by atoms with E-state index < -0.39 is 0 Å². The number of hydrogen-bond acceptors (Lipinski definition) is 6. The van der Waals surface area contributed by atoms with Gasteiger partial charge in [0.2, 0.25) is 5.91 Å². The number of benzene rings is 3. The molecule has 2 heterocycles. The minimum absolute atomic E-state index is 0.120. The van der Waals surface area contributed by atoms with Gasteiger partial charge >= 0.3 is 0 Å². The van der Waals surface area contributed by atoms with Crippen LogP contribution in [-0.2, 0) is 17.9 Å². The summed E-state index contributed by atoms with van der Waals surface area (Å²) < 4.78 is 8.09. The molecule has 1 fully saturated rings. The minimum Gasteiger partial charge on any atom is -0.485 e. The first kappa shape index (κ1) is 23.9. The Hall–Kier alpha value is -3.78. The van der Waals surface area contributed by atoms with Crippen LogP contribution in [0.3, 0.4) is 0 Å². The predicted octanol–water partition coefficient (Wildman–Crippen LogP) is 4.64. The van der Waals surface area contributed by atoms with Gasteiger partial charge in [-0.2, -0.15) is 0 Å². The third-order valence-electron chi connectivity index (χ3n) is 6.29. The number of hydrogen-bond donors (Lipinski definition) is 0. The van der Waals surface area contributed by atoms with E-state index in [1.165, 1.54) is 17.4 Å². The van der Waals surface area contributed by atoms with Crippen LogP contribution in [0.2, 0.25) is 0 Å². The summed E-state index contributed by atoms with van der Waals surface area (Å²) in [5.41, 5.74) is 1.20. The maximum absolute atomic E-state index is 12.9. The first-order chi connectivity index (χ1) is 17.7. The molecule has 1 amide bonds. The molecule has 0 unspecified atom stereocenters. The van der Waals surface area contributed by atoms with E-state index in [4.69, 9.17) is 4.74 Å². The lowest BCUT2D eigenvalue weighted by Gasteiger charge is -2.36. The van der Waals surface area contributed by atoms with Gasteiger partial charge in [0.25, 0.3) is 0 Å². The molecule has 0 saturated carbocycles. The van der Waals surface area contributed by atoms with Gasteiger partial charge in [0, 0.05) is 43.8 Å². The number of carbonyl (C=O) groups is 1. The third-order valence-corrected chi connectivity index (χ3v) is 7.24. The van der Waals surface area contributed by atoms with Crippen molar-refractivity contribution in [3.63, 3.8) is 0 Å². The first-order valence-electron chi connectivity index (χ1n) is 12.1. The number of ether oxygens (including phenoxy) is 1. The van der Waals surface area contributed by atoms with Gasteiger partial charge < -0.3 is 14.5 Å². The van der Waals surface area contributed by atoms with E-state index in [9.17, 15) is 4.79 Å². The molecule has 4 aromatic rings. The highest BCUT2D eigenvalue weighted by atomic mass is 32.2. The van der Waals surface area contributed by atoms with Gasteiger partial charge in [0.1, 0.15) is 12.4 Å². The molecule has 3 aromatic carbocycles. The number of piperazine rings is 1. The second-order valence-corrected chi connectivity index (χ2v) is 9.50. The lowest BCUT2D eigenvalue weighted by atomic mass is 10.1. The third kappa shape index (κ3) is 5.39. The molecule has 1 aliphatic heterocycles. The van der Waals surface area contributed by atoms with E-state index in [2.05, 4.69) is 45.9 Å². The molecule has 0 N–H and O–H groups in total. The van der Waals surface area contributed by atoms with Crippen LogP contribution in [0.5, 0.6) is 5.75 Å². The minimum atomic E-state index is 0.120. The average molecular weight is 500 g/mol. The van der Waals surface area contributed by atoms with Crippen LogP contribution in [-0.4, -0.2) is 57.5 Å². The van der Waals surface area contributed by atoms with Gasteiger partial charge in [-0.15, -0.1) is 16.8 Å². The molecule has 0 bridgehead atoms.